The Hall–Kier alpha value is 0.546. The maximum Gasteiger partial charge on any atom is 1.00 e. The summed E-state index contributed by atoms with van der Waals surface area (Å²) in [7, 11) is 0. The van der Waals surface area contributed by atoms with Crippen LogP contribution in [0.5, 0.6) is 0 Å². The molecule has 1 saturated carbocycles. The van der Waals surface area contributed by atoms with Crippen LogP contribution in [-0.4, -0.2) is 17.1 Å². The van der Waals surface area contributed by atoms with E-state index in [4.69, 9.17) is 0 Å². The minimum atomic E-state index is -3.16. The van der Waals surface area contributed by atoms with Gasteiger partial charge >= 0.3 is 51.4 Å². The van der Waals surface area contributed by atoms with E-state index < -0.39 is 12.0 Å². The molecule has 0 spiro atoms. The third-order valence-electron chi connectivity index (χ3n) is 1.95. The zero-order valence-corrected chi connectivity index (χ0v) is 11.4. The van der Waals surface area contributed by atoms with E-state index in [2.05, 4.69) is 6.58 Å². The summed E-state index contributed by atoms with van der Waals surface area (Å²) >= 11 is 0. The van der Waals surface area contributed by atoms with Gasteiger partial charge in [0, 0.05) is 0 Å². The Morgan fingerprint density at radius 2 is 2.14 bits per heavy atom. The maximum absolute atomic E-state index is 12.9. The predicted molar refractivity (Wildman–Crippen MR) is 47.3 cm³/mol. The summed E-state index contributed by atoms with van der Waals surface area (Å²) in [6, 6.07) is 0. The molecule has 1 rings (SSSR count). The van der Waals surface area contributed by atoms with E-state index in [0.29, 0.717) is 5.57 Å². The third kappa shape index (κ3) is 2.78. The first-order valence-corrected chi connectivity index (χ1v) is 3.94. The standard InChI is InChI=1S/C10H11F2O.K/c1-3-5-8-7(4-2)6-10(11,12)9(8)13;/h3-6,9,13H,1H2,2H3;/q-1;+1/b7-4-,8-5+;. The van der Waals surface area contributed by atoms with Crippen LogP contribution >= 0.6 is 0 Å². The molecule has 0 aliphatic heterocycles. The predicted octanol–water partition coefficient (Wildman–Crippen LogP) is -0.737. The van der Waals surface area contributed by atoms with Crippen LogP contribution in [-0.2, 0) is 0 Å². The fourth-order valence-corrected chi connectivity index (χ4v) is 1.30. The summed E-state index contributed by atoms with van der Waals surface area (Å²) in [4.78, 5) is 0. The molecular formula is C10H11F2KO. The SMILES string of the molecule is C=C/C=C1\C(=C/C)[CH-]C(F)(F)C1O.[K+]. The Bertz CT molecular complexity index is 282. The van der Waals surface area contributed by atoms with Crippen LogP contribution in [0.4, 0.5) is 8.78 Å². The zero-order chi connectivity index (χ0) is 10.1. The molecule has 0 aromatic carbocycles. The van der Waals surface area contributed by atoms with Crippen molar-refractivity contribution in [3.63, 3.8) is 0 Å². The van der Waals surface area contributed by atoms with E-state index in [-0.39, 0.29) is 57.0 Å². The fourth-order valence-electron chi connectivity index (χ4n) is 1.30. The van der Waals surface area contributed by atoms with Gasteiger partial charge in [0.1, 0.15) is 0 Å². The van der Waals surface area contributed by atoms with Crippen molar-refractivity contribution >= 4 is 0 Å². The topological polar surface area (TPSA) is 20.2 Å². The molecule has 1 aliphatic rings. The first-order valence-electron chi connectivity index (χ1n) is 3.94. The van der Waals surface area contributed by atoms with E-state index in [0.717, 1.165) is 6.42 Å². The summed E-state index contributed by atoms with van der Waals surface area (Å²) in [5, 5.41) is 9.21. The number of allylic oxidation sites excluding steroid dienone is 3. The molecule has 0 amide bonds. The molecule has 0 saturated heterocycles. The van der Waals surface area contributed by atoms with Crippen molar-refractivity contribution in [1.29, 1.82) is 0 Å². The Morgan fingerprint density at radius 3 is 2.57 bits per heavy atom. The number of hydrogen-bond acceptors (Lipinski definition) is 1. The van der Waals surface area contributed by atoms with Crippen molar-refractivity contribution in [1.82, 2.24) is 0 Å². The van der Waals surface area contributed by atoms with Gasteiger partial charge in [0.15, 0.2) is 0 Å². The molecule has 1 unspecified atom stereocenters. The zero-order valence-electron chi connectivity index (χ0n) is 8.30. The van der Waals surface area contributed by atoms with E-state index in [9.17, 15) is 13.9 Å². The summed E-state index contributed by atoms with van der Waals surface area (Å²) in [6.45, 7) is 5.05. The van der Waals surface area contributed by atoms with Gasteiger partial charge in [-0.1, -0.05) is 13.0 Å². The Labute approximate surface area is 125 Å². The normalized spacial score (nSPS) is 29.9. The van der Waals surface area contributed by atoms with Crippen molar-refractivity contribution in [3.05, 3.63) is 42.4 Å². The van der Waals surface area contributed by atoms with E-state index in [1.165, 1.54) is 12.2 Å². The summed E-state index contributed by atoms with van der Waals surface area (Å²) in [6.07, 6.45) is 3.36. The third-order valence-corrected chi connectivity index (χ3v) is 1.95. The van der Waals surface area contributed by atoms with Gasteiger partial charge in [-0.15, -0.1) is 24.6 Å². The molecule has 14 heavy (non-hydrogen) atoms. The van der Waals surface area contributed by atoms with Crippen LogP contribution in [0.25, 0.3) is 0 Å². The molecule has 0 aromatic heterocycles. The summed E-state index contributed by atoms with van der Waals surface area (Å²) in [5.74, 6) is -3.16. The first kappa shape index (κ1) is 14.5. The smallest absolute Gasteiger partial charge is 0.395 e. The average molecular weight is 224 g/mol. The van der Waals surface area contributed by atoms with Gasteiger partial charge < -0.3 is 5.11 Å². The van der Waals surface area contributed by atoms with Crippen molar-refractivity contribution < 1.29 is 65.3 Å². The quantitative estimate of drug-likeness (QED) is 0.459. The summed E-state index contributed by atoms with van der Waals surface area (Å²) < 4.78 is 25.9. The Morgan fingerprint density at radius 1 is 1.57 bits per heavy atom. The molecule has 0 aromatic rings. The second-order valence-corrected chi connectivity index (χ2v) is 2.82. The van der Waals surface area contributed by atoms with Gasteiger partial charge in [0.25, 0.3) is 0 Å². The Balaban J connectivity index is 0.00000169. The second-order valence-electron chi connectivity index (χ2n) is 2.82. The van der Waals surface area contributed by atoms with Gasteiger partial charge in [-0.25, -0.2) is 8.78 Å². The van der Waals surface area contributed by atoms with Crippen LogP contribution < -0.4 is 51.4 Å². The summed E-state index contributed by atoms with van der Waals surface area (Å²) in [5.41, 5.74) is 0.597. The maximum atomic E-state index is 12.9. The molecule has 1 fully saturated rings. The molecule has 1 nitrogen and oxygen atoms in total. The first-order chi connectivity index (χ1) is 6.03. The minimum absolute atomic E-state index is 0. The van der Waals surface area contributed by atoms with Gasteiger partial charge in [-0.05, 0) is 0 Å². The van der Waals surface area contributed by atoms with E-state index >= 15 is 0 Å². The largest absolute Gasteiger partial charge is 1.00 e. The van der Waals surface area contributed by atoms with E-state index in [1.54, 1.807) is 13.0 Å². The van der Waals surface area contributed by atoms with Gasteiger partial charge in [-0.2, -0.15) is 11.6 Å². The number of rotatable bonds is 1. The number of alkyl halides is 2. The second kappa shape index (κ2) is 5.58. The van der Waals surface area contributed by atoms with Crippen molar-refractivity contribution in [3.8, 4) is 0 Å². The number of aliphatic hydroxyl groups is 1. The molecule has 4 heteroatoms. The number of halogens is 2. The molecule has 72 valence electrons. The minimum Gasteiger partial charge on any atom is -0.395 e. The van der Waals surface area contributed by atoms with Gasteiger partial charge in [0.05, 0.1) is 6.10 Å². The molecular weight excluding hydrogens is 213 g/mol. The number of aliphatic hydroxyl groups excluding tert-OH is 1. The van der Waals surface area contributed by atoms with Crippen molar-refractivity contribution in [2.24, 2.45) is 0 Å². The number of hydrogen-bond donors (Lipinski definition) is 1. The van der Waals surface area contributed by atoms with Crippen LogP contribution in [0.1, 0.15) is 6.92 Å². The van der Waals surface area contributed by atoms with E-state index in [1.807, 2.05) is 0 Å². The van der Waals surface area contributed by atoms with Crippen LogP contribution in [0.3, 0.4) is 0 Å². The van der Waals surface area contributed by atoms with Crippen molar-refractivity contribution in [2.45, 2.75) is 19.0 Å². The fraction of sp³-hybridized carbons (Fsp3) is 0.300. The van der Waals surface area contributed by atoms with Crippen molar-refractivity contribution in [2.75, 3.05) is 0 Å². The molecule has 1 aliphatic carbocycles. The molecule has 0 radical (unpaired) electrons. The van der Waals surface area contributed by atoms with Gasteiger partial charge in [-0.3, -0.25) is 0 Å². The molecule has 0 heterocycles. The average Bonchev–Trinajstić information content (AvgIpc) is 2.29. The molecule has 1 atom stereocenters. The van der Waals surface area contributed by atoms with Crippen LogP contribution in [0, 0.1) is 6.42 Å². The Kier molecular flexibility index (Phi) is 5.80. The molecule has 1 N–H and O–H groups in total. The van der Waals surface area contributed by atoms with Crippen LogP contribution in [0.15, 0.2) is 36.0 Å². The molecule has 0 bridgehead atoms. The van der Waals surface area contributed by atoms with Crippen LogP contribution in [0.2, 0.25) is 0 Å². The monoisotopic (exact) mass is 224 g/mol. The van der Waals surface area contributed by atoms with Gasteiger partial charge in [0.2, 0.25) is 5.92 Å².